The number of nitrogens with zero attached hydrogens (tertiary/aromatic N) is 4. The van der Waals surface area contributed by atoms with Crippen LogP contribution in [0.4, 0.5) is 14.6 Å². The van der Waals surface area contributed by atoms with E-state index >= 15 is 0 Å². The molecule has 0 radical (unpaired) electrons. The third kappa shape index (κ3) is 4.75. The van der Waals surface area contributed by atoms with E-state index in [1.807, 2.05) is 0 Å². The molecule has 1 saturated carbocycles. The summed E-state index contributed by atoms with van der Waals surface area (Å²) >= 11 is 0. The number of anilines is 1. The zero-order chi connectivity index (χ0) is 25.5. The molecule has 0 amide bonds. The van der Waals surface area contributed by atoms with Gasteiger partial charge in [0.1, 0.15) is 17.2 Å². The Balaban J connectivity index is 1.19. The molecule has 3 atom stereocenters. The number of hydrogen-bond acceptors (Lipinski definition) is 8. The third-order valence-corrected chi connectivity index (χ3v) is 7.41. The Morgan fingerprint density at radius 2 is 1.84 bits per heavy atom. The van der Waals surface area contributed by atoms with Gasteiger partial charge in [-0.15, -0.1) is 10.2 Å². The number of hydrogen-bond donors (Lipinski definition) is 1. The lowest BCUT2D eigenvalue weighted by atomic mass is 9.99. The summed E-state index contributed by atoms with van der Waals surface area (Å²) in [6.45, 7) is -2.67. The number of carbonyl (C=O) groups is 1. The predicted octanol–water partition coefficient (Wildman–Crippen LogP) is 5.03. The number of carboxylic acid groups (broad SMARTS) is 1. The maximum absolute atomic E-state index is 13.0. The molecule has 2 saturated heterocycles. The van der Waals surface area contributed by atoms with E-state index in [4.69, 9.17) is 19.1 Å². The summed E-state index contributed by atoms with van der Waals surface area (Å²) in [5.41, 5.74) is 1.64. The normalized spacial score (nSPS) is 23.0. The summed E-state index contributed by atoms with van der Waals surface area (Å²) in [6.07, 6.45) is 5.59. The summed E-state index contributed by atoms with van der Waals surface area (Å²) in [7, 11) is 0. The number of benzene rings is 1. The predicted molar refractivity (Wildman–Crippen MR) is 127 cm³/mol. The van der Waals surface area contributed by atoms with Crippen LogP contribution in [-0.4, -0.2) is 51.2 Å². The van der Waals surface area contributed by atoms with Crippen molar-refractivity contribution in [3.8, 4) is 17.0 Å². The zero-order valence-corrected chi connectivity index (χ0v) is 19.9. The average Bonchev–Trinajstić information content (AvgIpc) is 3.59. The molecule has 2 bridgehead atoms. The smallest absolute Gasteiger partial charge is 0.387 e. The summed E-state index contributed by atoms with van der Waals surface area (Å²) in [5, 5.41) is 21.3. The van der Waals surface area contributed by atoms with E-state index in [0.717, 1.165) is 49.8 Å². The molecule has 6 rings (SSSR count). The van der Waals surface area contributed by atoms with Crippen LogP contribution in [0.3, 0.4) is 0 Å². The van der Waals surface area contributed by atoms with Gasteiger partial charge in [-0.3, -0.25) is 0 Å². The number of alkyl halides is 2. The first-order valence-electron chi connectivity index (χ1n) is 12.5. The van der Waals surface area contributed by atoms with E-state index < -0.39 is 12.6 Å². The molecule has 0 spiro atoms. The summed E-state index contributed by atoms with van der Waals surface area (Å²) in [4.78, 5) is 13.3. The lowest BCUT2D eigenvalue weighted by Gasteiger charge is -2.39. The van der Waals surface area contributed by atoms with Gasteiger partial charge in [0.15, 0.2) is 11.5 Å². The minimum Gasteiger partial charge on any atom is -0.476 e. The van der Waals surface area contributed by atoms with Gasteiger partial charge in [0, 0.05) is 29.1 Å². The quantitative estimate of drug-likeness (QED) is 0.422. The van der Waals surface area contributed by atoms with E-state index in [1.54, 1.807) is 24.3 Å². The highest BCUT2D eigenvalue weighted by molar-refractivity contribution is 5.85. The Morgan fingerprint density at radius 3 is 2.49 bits per heavy atom. The van der Waals surface area contributed by atoms with E-state index in [0.29, 0.717) is 17.1 Å². The molecule has 1 N–H and O–H groups in total. The SMILES string of the molecule is O=C(O)c1ccc(N2[C@@H]3CC[C@H]2CC(OCc2c(-c4ccccc4OC(F)F)noc2C2CC2)C3)nn1. The monoisotopic (exact) mass is 512 g/mol. The second kappa shape index (κ2) is 9.70. The van der Waals surface area contributed by atoms with E-state index in [2.05, 4.69) is 20.3 Å². The Kier molecular flexibility index (Phi) is 6.23. The zero-order valence-electron chi connectivity index (χ0n) is 19.9. The van der Waals surface area contributed by atoms with Gasteiger partial charge in [0.05, 0.1) is 12.7 Å². The molecule has 2 aliphatic heterocycles. The molecule has 4 heterocycles. The second-order valence-electron chi connectivity index (χ2n) is 9.80. The summed E-state index contributed by atoms with van der Waals surface area (Å²) in [5.74, 6) is 0.667. The van der Waals surface area contributed by atoms with Gasteiger partial charge >= 0.3 is 12.6 Å². The molecule has 9 nitrogen and oxygen atoms in total. The van der Waals surface area contributed by atoms with Crippen LogP contribution in [0.1, 0.15) is 66.3 Å². The van der Waals surface area contributed by atoms with Crippen LogP contribution in [0.2, 0.25) is 0 Å². The van der Waals surface area contributed by atoms with Crippen molar-refractivity contribution in [2.75, 3.05) is 4.90 Å². The molecular weight excluding hydrogens is 486 g/mol. The van der Waals surface area contributed by atoms with Crippen molar-refractivity contribution >= 4 is 11.8 Å². The molecule has 194 valence electrons. The van der Waals surface area contributed by atoms with Crippen molar-refractivity contribution in [2.24, 2.45) is 0 Å². The highest BCUT2D eigenvalue weighted by atomic mass is 19.3. The van der Waals surface area contributed by atoms with Crippen molar-refractivity contribution in [3.63, 3.8) is 0 Å². The maximum Gasteiger partial charge on any atom is 0.387 e. The van der Waals surface area contributed by atoms with Crippen molar-refractivity contribution in [2.45, 2.75) is 75.8 Å². The number of halogens is 2. The molecule has 1 aliphatic carbocycles. The molecule has 11 heteroatoms. The van der Waals surface area contributed by atoms with Crippen LogP contribution in [0, 0.1) is 0 Å². The van der Waals surface area contributed by atoms with Crippen LogP contribution in [0.5, 0.6) is 5.75 Å². The highest BCUT2D eigenvalue weighted by Gasteiger charge is 2.42. The number of fused-ring (bicyclic) bond motifs is 2. The molecule has 37 heavy (non-hydrogen) atoms. The third-order valence-electron chi connectivity index (χ3n) is 7.41. The number of aromatic carboxylic acids is 1. The van der Waals surface area contributed by atoms with Crippen molar-refractivity contribution < 1.29 is 32.7 Å². The molecular formula is C26H26F2N4O5. The number of para-hydroxylation sites is 1. The number of aromatic nitrogens is 3. The lowest BCUT2D eigenvalue weighted by Crippen LogP contribution is -2.46. The van der Waals surface area contributed by atoms with Crippen molar-refractivity contribution in [1.82, 2.24) is 15.4 Å². The first kappa shape index (κ1) is 23.8. The van der Waals surface area contributed by atoms with Gasteiger partial charge in [-0.25, -0.2) is 4.79 Å². The number of ether oxygens (including phenoxy) is 2. The fourth-order valence-corrected chi connectivity index (χ4v) is 5.62. The fraction of sp³-hybridized carbons (Fsp3) is 0.462. The first-order chi connectivity index (χ1) is 18.0. The first-order valence-corrected chi connectivity index (χ1v) is 12.5. The van der Waals surface area contributed by atoms with Crippen molar-refractivity contribution in [3.05, 3.63) is 53.4 Å². The highest BCUT2D eigenvalue weighted by Crippen LogP contribution is 2.46. The standard InChI is InChI=1S/C26H26F2N4O5/c27-26(28)36-21-4-2-1-3-18(21)23-19(24(37-31-23)14-5-6-14)13-35-17-11-15-7-8-16(12-17)32(15)22-10-9-20(25(33)34)29-30-22/h1-4,9-10,14-17,26H,5-8,11-13H2,(H,33,34)/t15-,16+,17?. The van der Waals surface area contributed by atoms with Crippen LogP contribution >= 0.6 is 0 Å². The lowest BCUT2D eigenvalue weighted by molar-refractivity contribution is -0.0494. The molecule has 1 aromatic carbocycles. The van der Waals surface area contributed by atoms with Gasteiger partial charge in [0.25, 0.3) is 0 Å². The van der Waals surface area contributed by atoms with E-state index in [1.165, 1.54) is 12.1 Å². The molecule has 3 aliphatic rings. The average molecular weight is 513 g/mol. The van der Waals surface area contributed by atoms with Gasteiger partial charge < -0.3 is 24.0 Å². The Morgan fingerprint density at radius 1 is 1.08 bits per heavy atom. The summed E-state index contributed by atoms with van der Waals surface area (Å²) < 4.78 is 42.9. The van der Waals surface area contributed by atoms with Crippen LogP contribution < -0.4 is 9.64 Å². The van der Waals surface area contributed by atoms with Crippen molar-refractivity contribution in [1.29, 1.82) is 0 Å². The van der Waals surface area contributed by atoms with Crippen LogP contribution in [-0.2, 0) is 11.3 Å². The minimum atomic E-state index is -2.94. The van der Waals surface area contributed by atoms with Crippen LogP contribution in [0.25, 0.3) is 11.3 Å². The molecule has 2 aromatic heterocycles. The topological polar surface area (TPSA) is 111 Å². The number of piperidine rings is 1. The Hall–Kier alpha value is -3.60. The maximum atomic E-state index is 13.0. The second-order valence-corrected chi connectivity index (χ2v) is 9.80. The van der Waals surface area contributed by atoms with E-state index in [9.17, 15) is 13.6 Å². The van der Waals surface area contributed by atoms with Crippen LogP contribution in [0.15, 0.2) is 40.9 Å². The molecule has 3 aromatic rings. The largest absolute Gasteiger partial charge is 0.476 e. The number of carboxylic acids is 1. The fourth-order valence-electron chi connectivity index (χ4n) is 5.62. The van der Waals surface area contributed by atoms with E-state index in [-0.39, 0.29) is 42.2 Å². The molecule has 3 fully saturated rings. The number of rotatable bonds is 9. The Bertz CT molecular complexity index is 1270. The summed E-state index contributed by atoms with van der Waals surface area (Å²) in [6, 6.07) is 10.2. The minimum absolute atomic E-state index is 0.00219. The molecule has 1 unspecified atom stereocenters. The van der Waals surface area contributed by atoms with Gasteiger partial charge in [-0.1, -0.05) is 17.3 Å². The van der Waals surface area contributed by atoms with Gasteiger partial charge in [-0.2, -0.15) is 8.78 Å². The van der Waals surface area contributed by atoms with Gasteiger partial charge in [0.2, 0.25) is 0 Å². The van der Waals surface area contributed by atoms with Gasteiger partial charge in [-0.05, 0) is 62.8 Å². The Labute approximate surface area is 211 Å².